The number of nitrogens with zero attached hydrogens (tertiary/aromatic N) is 3. The fourth-order valence-electron chi connectivity index (χ4n) is 4.58. The van der Waals surface area contributed by atoms with Crippen LogP contribution in [0.3, 0.4) is 0 Å². The maximum Gasteiger partial charge on any atom is 0.226 e. The third-order valence-electron chi connectivity index (χ3n) is 6.05. The Balaban J connectivity index is 1.68. The first-order valence-corrected chi connectivity index (χ1v) is 10.7. The summed E-state index contributed by atoms with van der Waals surface area (Å²) in [6.45, 7) is 2.05. The number of hydrogen-bond donors (Lipinski definition) is 1. The summed E-state index contributed by atoms with van der Waals surface area (Å²) in [4.78, 5) is 4.37. The SMILES string of the molecule is Cc1ccccc1C1Oc2ccc(Cl)cc2C2=C1C(c1ccccc1F)n1ncnc1N2. The van der Waals surface area contributed by atoms with Crippen molar-refractivity contribution in [1.29, 1.82) is 0 Å². The highest BCUT2D eigenvalue weighted by molar-refractivity contribution is 6.30. The molecule has 158 valence electrons. The van der Waals surface area contributed by atoms with Crippen LogP contribution in [0.2, 0.25) is 5.02 Å². The predicted molar refractivity (Wildman–Crippen MR) is 121 cm³/mol. The molecule has 0 fully saturated rings. The topological polar surface area (TPSA) is 52.0 Å². The molecule has 0 radical (unpaired) electrons. The summed E-state index contributed by atoms with van der Waals surface area (Å²) in [5.41, 5.74) is 5.08. The van der Waals surface area contributed by atoms with E-state index in [1.165, 1.54) is 12.4 Å². The molecule has 4 aromatic rings. The Morgan fingerprint density at radius 2 is 1.81 bits per heavy atom. The van der Waals surface area contributed by atoms with Crippen molar-refractivity contribution >= 4 is 23.2 Å². The quantitative estimate of drug-likeness (QED) is 0.415. The average molecular weight is 445 g/mol. The van der Waals surface area contributed by atoms with Crippen LogP contribution in [-0.2, 0) is 0 Å². The van der Waals surface area contributed by atoms with E-state index in [9.17, 15) is 0 Å². The number of rotatable bonds is 2. The zero-order valence-electron chi connectivity index (χ0n) is 17.1. The van der Waals surface area contributed by atoms with Crippen LogP contribution >= 0.6 is 11.6 Å². The van der Waals surface area contributed by atoms with Gasteiger partial charge in [0.05, 0.1) is 5.70 Å². The van der Waals surface area contributed by atoms with E-state index < -0.39 is 12.1 Å². The van der Waals surface area contributed by atoms with Crippen molar-refractivity contribution in [3.8, 4) is 5.75 Å². The Morgan fingerprint density at radius 3 is 2.62 bits per heavy atom. The van der Waals surface area contributed by atoms with Crippen LogP contribution in [0.25, 0.3) is 5.70 Å². The predicted octanol–water partition coefficient (Wildman–Crippen LogP) is 5.94. The van der Waals surface area contributed by atoms with E-state index in [0.717, 1.165) is 28.0 Å². The van der Waals surface area contributed by atoms with Crippen LogP contribution in [0.1, 0.15) is 34.4 Å². The summed E-state index contributed by atoms with van der Waals surface area (Å²) < 4.78 is 23.4. The van der Waals surface area contributed by atoms with Gasteiger partial charge in [-0.2, -0.15) is 10.1 Å². The third-order valence-corrected chi connectivity index (χ3v) is 6.28. The summed E-state index contributed by atoms with van der Waals surface area (Å²) in [6.07, 6.45) is 1.02. The number of ether oxygens (including phenoxy) is 1. The molecule has 2 unspecified atom stereocenters. The van der Waals surface area contributed by atoms with Crippen molar-refractivity contribution in [2.24, 2.45) is 0 Å². The molecule has 0 saturated heterocycles. The Kier molecular flexibility index (Phi) is 4.30. The minimum absolute atomic E-state index is 0.312. The van der Waals surface area contributed by atoms with Crippen LogP contribution in [0, 0.1) is 12.7 Å². The van der Waals surface area contributed by atoms with Gasteiger partial charge in [-0.05, 0) is 42.3 Å². The molecule has 5 nitrogen and oxygen atoms in total. The Labute approximate surface area is 189 Å². The zero-order chi connectivity index (χ0) is 21.8. The highest BCUT2D eigenvalue weighted by Crippen LogP contribution is 2.51. The lowest BCUT2D eigenvalue weighted by Crippen LogP contribution is -2.33. The largest absolute Gasteiger partial charge is 0.480 e. The highest BCUT2D eigenvalue weighted by Gasteiger charge is 2.42. The van der Waals surface area contributed by atoms with Gasteiger partial charge in [-0.1, -0.05) is 54.1 Å². The molecular formula is C25H18ClFN4O. The van der Waals surface area contributed by atoms with E-state index in [1.807, 2.05) is 49.4 Å². The first kappa shape index (κ1) is 19.1. The van der Waals surface area contributed by atoms with Crippen molar-refractivity contribution in [2.45, 2.75) is 19.1 Å². The summed E-state index contributed by atoms with van der Waals surface area (Å²) >= 11 is 6.35. The van der Waals surface area contributed by atoms with Gasteiger partial charge < -0.3 is 10.1 Å². The maximum absolute atomic E-state index is 15.1. The van der Waals surface area contributed by atoms with Crippen LogP contribution < -0.4 is 10.1 Å². The van der Waals surface area contributed by atoms with Gasteiger partial charge in [0.1, 0.15) is 30.0 Å². The van der Waals surface area contributed by atoms with Crippen LogP contribution in [0.5, 0.6) is 5.75 Å². The molecule has 0 aliphatic carbocycles. The van der Waals surface area contributed by atoms with Gasteiger partial charge in [0, 0.05) is 21.7 Å². The fraction of sp³-hybridized carbons (Fsp3) is 0.120. The number of benzene rings is 3. The second-order valence-corrected chi connectivity index (χ2v) is 8.34. The van der Waals surface area contributed by atoms with E-state index in [-0.39, 0.29) is 5.82 Å². The Hall–Kier alpha value is -3.64. The second kappa shape index (κ2) is 7.21. The van der Waals surface area contributed by atoms with Crippen molar-refractivity contribution in [1.82, 2.24) is 14.8 Å². The number of halogens is 2. The lowest BCUT2D eigenvalue weighted by Gasteiger charge is -2.39. The van der Waals surface area contributed by atoms with Gasteiger partial charge >= 0.3 is 0 Å². The summed E-state index contributed by atoms with van der Waals surface area (Å²) in [5.74, 6) is 0.927. The molecule has 32 heavy (non-hydrogen) atoms. The van der Waals surface area contributed by atoms with E-state index in [1.54, 1.807) is 22.9 Å². The first-order valence-electron chi connectivity index (χ1n) is 10.3. The maximum atomic E-state index is 15.1. The van der Waals surface area contributed by atoms with Crippen molar-refractivity contribution < 1.29 is 9.13 Å². The van der Waals surface area contributed by atoms with Gasteiger partial charge in [-0.3, -0.25) is 0 Å². The molecule has 0 bridgehead atoms. The second-order valence-electron chi connectivity index (χ2n) is 7.90. The van der Waals surface area contributed by atoms with Crippen LogP contribution in [0.15, 0.2) is 78.6 Å². The zero-order valence-corrected chi connectivity index (χ0v) is 17.8. The minimum atomic E-state index is -0.540. The van der Waals surface area contributed by atoms with Gasteiger partial charge in [-0.15, -0.1) is 0 Å². The lowest BCUT2D eigenvalue weighted by molar-refractivity contribution is 0.221. The molecular weight excluding hydrogens is 427 g/mol. The molecule has 0 saturated carbocycles. The number of aromatic nitrogens is 3. The summed E-state index contributed by atoms with van der Waals surface area (Å²) in [7, 11) is 0. The van der Waals surface area contributed by atoms with E-state index >= 15 is 4.39 Å². The number of nitrogens with one attached hydrogen (secondary N) is 1. The molecule has 3 aromatic carbocycles. The lowest BCUT2D eigenvalue weighted by atomic mass is 9.83. The Bertz CT molecular complexity index is 1400. The van der Waals surface area contributed by atoms with Crippen molar-refractivity contribution in [3.05, 3.63) is 112 Å². The normalized spacial score (nSPS) is 18.8. The molecule has 1 N–H and O–H groups in total. The van der Waals surface area contributed by atoms with Crippen molar-refractivity contribution in [3.63, 3.8) is 0 Å². The molecule has 6 rings (SSSR count). The third kappa shape index (κ3) is 2.83. The molecule has 1 aromatic heterocycles. The summed E-state index contributed by atoms with van der Waals surface area (Å²) in [5, 5.41) is 8.43. The van der Waals surface area contributed by atoms with Crippen LogP contribution in [-0.4, -0.2) is 14.8 Å². The molecule has 2 atom stereocenters. The first-order chi connectivity index (χ1) is 15.6. The van der Waals surface area contributed by atoms with Crippen molar-refractivity contribution in [2.75, 3.05) is 5.32 Å². The summed E-state index contributed by atoms with van der Waals surface area (Å²) in [6, 6.07) is 19.8. The molecule has 2 aliphatic rings. The monoisotopic (exact) mass is 444 g/mol. The molecule has 0 amide bonds. The smallest absolute Gasteiger partial charge is 0.226 e. The number of hydrogen-bond acceptors (Lipinski definition) is 4. The van der Waals surface area contributed by atoms with E-state index in [0.29, 0.717) is 22.3 Å². The van der Waals surface area contributed by atoms with Crippen LogP contribution in [0.4, 0.5) is 10.3 Å². The fourth-order valence-corrected chi connectivity index (χ4v) is 4.75. The van der Waals surface area contributed by atoms with Gasteiger partial charge in [0.15, 0.2) is 0 Å². The number of fused-ring (bicyclic) bond motifs is 3. The number of anilines is 1. The highest BCUT2D eigenvalue weighted by atomic mass is 35.5. The van der Waals surface area contributed by atoms with Gasteiger partial charge in [-0.25, -0.2) is 9.07 Å². The minimum Gasteiger partial charge on any atom is -0.480 e. The van der Waals surface area contributed by atoms with E-state index in [2.05, 4.69) is 15.4 Å². The molecule has 0 spiro atoms. The van der Waals surface area contributed by atoms with Gasteiger partial charge in [0.25, 0.3) is 0 Å². The van der Waals surface area contributed by atoms with E-state index in [4.69, 9.17) is 16.3 Å². The molecule has 7 heteroatoms. The molecule has 2 aliphatic heterocycles. The number of aryl methyl sites for hydroxylation is 1. The van der Waals surface area contributed by atoms with Gasteiger partial charge in [0.2, 0.25) is 5.95 Å². The molecule has 3 heterocycles. The standard InChI is InChI=1S/C25H18ClFN4O/c1-14-6-2-3-7-16(14)24-21-22(18-12-15(26)10-11-20(18)32-24)30-25-28-13-29-31(25)23(21)17-8-4-5-9-19(17)27/h2-13,23-24H,1H3,(H,28,29,30). The Morgan fingerprint density at radius 1 is 1.03 bits per heavy atom. The average Bonchev–Trinajstić information content (AvgIpc) is 3.27.